The van der Waals surface area contributed by atoms with E-state index in [2.05, 4.69) is 28.9 Å². The monoisotopic (exact) mass is 297 g/mol. The molecule has 5 nitrogen and oxygen atoms in total. The molecule has 1 saturated carbocycles. The minimum absolute atomic E-state index is 0.0182. The first kappa shape index (κ1) is 15.3. The zero-order valence-corrected chi connectivity index (χ0v) is 13.1. The Morgan fingerprint density at radius 3 is 2.80 bits per heavy atom. The Bertz CT molecular complexity index is 570. The number of sulfonamides is 1. The summed E-state index contributed by atoms with van der Waals surface area (Å²) in [6, 6.07) is 1.71. The molecule has 0 saturated heterocycles. The minimum atomic E-state index is -3.52. The molecule has 1 aliphatic carbocycles. The van der Waals surface area contributed by atoms with Crippen LogP contribution in [-0.2, 0) is 10.0 Å². The third-order valence-electron chi connectivity index (χ3n) is 3.73. The van der Waals surface area contributed by atoms with Gasteiger partial charge in [0.15, 0.2) is 0 Å². The van der Waals surface area contributed by atoms with E-state index in [-0.39, 0.29) is 16.4 Å². The maximum absolute atomic E-state index is 12.5. The molecule has 112 valence electrons. The van der Waals surface area contributed by atoms with Gasteiger partial charge in [-0.05, 0) is 37.7 Å². The van der Waals surface area contributed by atoms with E-state index in [1.54, 1.807) is 12.3 Å². The lowest BCUT2D eigenvalue weighted by Gasteiger charge is -2.18. The predicted octanol–water partition coefficient (Wildman–Crippen LogP) is 2.37. The molecule has 20 heavy (non-hydrogen) atoms. The molecule has 1 atom stereocenters. The van der Waals surface area contributed by atoms with Crippen LogP contribution in [-0.4, -0.2) is 26.0 Å². The number of aromatic nitrogens is 1. The standard InChI is InChI=1S/C14H23N3O2S/c1-4-16-12-6-8-15-10-13(12)20(18,19)17-11-5-7-14(2,3)9-11/h6,8,10-11,17H,4-5,7,9H2,1-3H3,(H,15,16). The highest BCUT2D eigenvalue weighted by Crippen LogP contribution is 2.37. The van der Waals surface area contributed by atoms with Gasteiger partial charge in [-0.2, -0.15) is 0 Å². The molecule has 0 aliphatic heterocycles. The van der Waals surface area contributed by atoms with Gasteiger partial charge < -0.3 is 5.32 Å². The smallest absolute Gasteiger partial charge is 0.244 e. The zero-order chi connectivity index (χ0) is 14.8. The van der Waals surface area contributed by atoms with Crippen molar-refractivity contribution < 1.29 is 8.42 Å². The fourth-order valence-electron chi connectivity index (χ4n) is 2.75. The molecule has 1 aromatic heterocycles. The van der Waals surface area contributed by atoms with Crippen molar-refractivity contribution in [2.24, 2.45) is 5.41 Å². The van der Waals surface area contributed by atoms with Gasteiger partial charge in [0.25, 0.3) is 0 Å². The van der Waals surface area contributed by atoms with Crippen LogP contribution in [0.15, 0.2) is 23.4 Å². The van der Waals surface area contributed by atoms with Crippen LogP contribution in [0.1, 0.15) is 40.0 Å². The lowest BCUT2D eigenvalue weighted by Crippen LogP contribution is -2.34. The second-order valence-corrected chi connectivity index (χ2v) is 7.81. The van der Waals surface area contributed by atoms with Crippen LogP contribution in [0.2, 0.25) is 0 Å². The second-order valence-electron chi connectivity index (χ2n) is 6.13. The number of pyridine rings is 1. The number of rotatable bonds is 5. The van der Waals surface area contributed by atoms with E-state index in [0.29, 0.717) is 12.2 Å². The van der Waals surface area contributed by atoms with Gasteiger partial charge in [0, 0.05) is 25.0 Å². The molecule has 1 unspecified atom stereocenters. The number of hydrogen-bond acceptors (Lipinski definition) is 4. The predicted molar refractivity (Wildman–Crippen MR) is 80.1 cm³/mol. The first-order chi connectivity index (χ1) is 9.34. The third kappa shape index (κ3) is 3.49. The quantitative estimate of drug-likeness (QED) is 0.875. The molecular weight excluding hydrogens is 274 g/mol. The molecule has 0 aromatic carbocycles. The summed E-state index contributed by atoms with van der Waals surface area (Å²) in [5.74, 6) is 0. The first-order valence-corrected chi connectivity index (χ1v) is 8.52. The van der Waals surface area contributed by atoms with Crippen LogP contribution in [0.5, 0.6) is 0 Å². The van der Waals surface area contributed by atoms with Gasteiger partial charge in [-0.1, -0.05) is 13.8 Å². The van der Waals surface area contributed by atoms with Crippen LogP contribution >= 0.6 is 0 Å². The van der Waals surface area contributed by atoms with Gasteiger partial charge >= 0.3 is 0 Å². The van der Waals surface area contributed by atoms with E-state index in [9.17, 15) is 8.42 Å². The summed E-state index contributed by atoms with van der Waals surface area (Å²) >= 11 is 0. The van der Waals surface area contributed by atoms with Crippen molar-refractivity contribution in [3.63, 3.8) is 0 Å². The van der Waals surface area contributed by atoms with Crippen LogP contribution in [0.4, 0.5) is 5.69 Å². The minimum Gasteiger partial charge on any atom is -0.384 e. The summed E-state index contributed by atoms with van der Waals surface area (Å²) in [7, 11) is -3.52. The fourth-order valence-corrected chi connectivity index (χ4v) is 4.15. The maximum Gasteiger partial charge on any atom is 0.244 e. The normalized spacial score (nSPS) is 21.9. The summed E-state index contributed by atoms with van der Waals surface area (Å²) < 4.78 is 27.8. The van der Waals surface area contributed by atoms with Crippen molar-refractivity contribution in [3.8, 4) is 0 Å². The SMILES string of the molecule is CCNc1ccncc1S(=O)(=O)NC1CCC(C)(C)C1. The van der Waals surface area contributed by atoms with E-state index in [1.165, 1.54) is 6.20 Å². The van der Waals surface area contributed by atoms with Gasteiger partial charge in [0.2, 0.25) is 10.0 Å². The molecule has 1 aliphatic rings. The van der Waals surface area contributed by atoms with Gasteiger partial charge in [-0.15, -0.1) is 0 Å². The van der Waals surface area contributed by atoms with Crippen molar-refractivity contribution >= 4 is 15.7 Å². The molecule has 1 fully saturated rings. The summed E-state index contributed by atoms with van der Waals surface area (Å²) in [5, 5.41) is 3.06. The number of nitrogens with zero attached hydrogens (tertiary/aromatic N) is 1. The molecule has 1 heterocycles. The summed E-state index contributed by atoms with van der Waals surface area (Å²) in [4.78, 5) is 4.17. The molecule has 2 rings (SSSR count). The lowest BCUT2D eigenvalue weighted by atomic mass is 9.92. The average molecular weight is 297 g/mol. The Labute approximate surface area is 121 Å². The first-order valence-electron chi connectivity index (χ1n) is 7.04. The Balaban J connectivity index is 2.19. The Kier molecular flexibility index (Phi) is 4.34. The third-order valence-corrected chi connectivity index (χ3v) is 5.28. The van der Waals surface area contributed by atoms with Crippen LogP contribution < -0.4 is 10.0 Å². The fraction of sp³-hybridized carbons (Fsp3) is 0.643. The molecule has 0 spiro atoms. The van der Waals surface area contributed by atoms with Crippen molar-refractivity contribution in [2.45, 2.75) is 51.0 Å². The Morgan fingerprint density at radius 2 is 2.20 bits per heavy atom. The summed E-state index contributed by atoms with van der Waals surface area (Å²) in [5.41, 5.74) is 0.819. The highest BCUT2D eigenvalue weighted by Gasteiger charge is 2.34. The lowest BCUT2D eigenvalue weighted by molar-refractivity contribution is 0.372. The van der Waals surface area contributed by atoms with Crippen LogP contribution in [0.3, 0.4) is 0 Å². The second kappa shape index (κ2) is 5.69. The molecule has 6 heteroatoms. The zero-order valence-electron chi connectivity index (χ0n) is 12.3. The van der Waals surface area contributed by atoms with E-state index in [0.717, 1.165) is 19.3 Å². The highest BCUT2D eigenvalue weighted by atomic mass is 32.2. The van der Waals surface area contributed by atoms with E-state index < -0.39 is 10.0 Å². The van der Waals surface area contributed by atoms with Gasteiger partial charge in [0.05, 0.1) is 5.69 Å². The van der Waals surface area contributed by atoms with Crippen molar-refractivity contribution in [1.82, 2.24) is 9.71 Å². The Hall–Kier alpha value is -1.14. The average Bonchev–Trinajstić information content (AvgIpc) is 2.69. The largest absolute Gasteiger partial charge is 0.384 e. The Morgan fingerprint density at radius 1 is 1.45 bits per heavy atom. The van der Waals surface area contributed by atoms with Crippen molar-refractivity contribution in [2.75, 3.05) is 11.9 Å². The molecular formula is C14H23N3O2S. The topological polar surface area (TPSA) is 71.1 Å². The number of nitrogens with one attached hydrogen (secondary N) is 2. The molecule has 0 amide bonds. The molecule has 1 aromatic rings. The van der Waals surface area contributed by atoms with E-state index in [4.69, 9.17) is 0 Å². The summed E-state index contributed by atoms with van der Waals surface area (Å²) in [6.45, 7) is 6.96. The molecule has 0 radical (unpaired) electrons. The maximum atomic E-state index is 12.5. The summed E-state index contributed by atoms with van der Waals surface area (Å²) in [6.07, 6.45) is 5.81. The van der Waals surface area contributed by atoms with Crippen LogP contribution in [0.25, 0.3) is 0 Å². The molecule has 0 bridgehead atoms. The van der Waals surface area contributed by atoms with Gasteiger partial charge in [0.1, 0.15) is 4.90 Å². The molecule has 2 N–H and O–H groups in total. The van der Waals surface area contributed by atoms with E-state index >= 15 is 0 Å². The number of anilines is 1. The van der Waals surface area contributed by atoms with Crippen LogP contribution in [0, 0.1) is 5.41 Å². The van der Waals surface area contributed by atoms with E-state index in [1.807, 2.05) is 6.92 Å². The van der Waals surface area contributed by atoms with Crippen molar-refractivity contribution in [3.05, 3.63) is 18.5 Å². The highest BCUT2D eigenvalue weighted by molar-refractivity contribution is 7.89. The van der Waals surface area contributed by atoms with Crippen molar-refractivity contribution in [1.29, 1.82) is 0 Å². The number of hydrogen-bond donors (Lipinski definition) is 2. The van der Waals surface area contributed by atoms with Gasteiger partial charge in [-0.25, -0.2) is 13.1 Å². The van der Waals surface area contributed by atoms with Gasteiger partial charge in [-0.3, -0.25) is 4.98 Å².